The number of carbonyl (C=O) groups excluding carboxylic acids is 1. The van der Waals surface area contributed by atoms with E-state index < -0.39 is 5.79 Å². The SMILES string of the molecule is CC(=O)OCC=C=CC1(C)OCCO1. The van der Waals surface area contributed by atoms with Crippen LogP contribution in [0.3, 0.4) is 0 Å². The lowest BCUT2D eigenvalue weighted by molar-refractivity contribution is -0.139. The highest BCUT2D eigenvalue weighted by molar-refractivity contribution is 5.65. The molecule has 0 aliphatic carbocycles. The van der Waals surface area contributed by atoms with Crippen molar-refractivity contribution in [3.8, 4) is 0 Å². The van der Waals surface area contributed by atoms with Crippen LogP contribution in [0.4, 0.5) is 0 Å². The second kappa shape index (κ2) is 4.96. The third-order valence-corrected chi connectivity index (χ3v) is 1.69. The molecule has 78 valence electrons. The first kappa shape index (κ1) is 11.0. The summed E-state index contributed by atoms with van der Waals surface area (Å²) in [7, 11) is 0. The van der Waals surface area contributed by atoms with E-state index in [1.54, 1.807) is 12.2 Å². The van der Waals surface area contributed by atoms with Crippen LogP contribution in [0.2, 0.25) is 0 Å². The quantitative estimate of drug-likeness (QED) is 0.501. The summed E-state index contributed by atoms with van der Waals surface area (Å²) in [6.07, 6.45) is 3.28. The third kappa shape index (κ3) is 3.75. The number of ether oxygens (including phenoxy) is 3. The minimum Gasteiger partial charge on any atom is -0.461 e. The first-order chi connectivity index (χ1) is 6.62. The average Bonchev–Trinajstić information content (AvgIpc) is 2.51. The van der Waals surface area contributed by atoms with Crippen molar-refractivity contribution in [1.82, 2.24) is 0 Å². The van der Waals surface area contributed by atoms with Gasteiger partial charge in [-0.05, 0) is 13.0 Å². The van der Waals surface area contributed by atoms with Crippen LogP contribution in [0, 0.1) is 0 Å². The van der Waals surface area contributed by atoms with E-state index in [0.29, 0.717) is 13.2 Å². The van der Waals surface area contributed by atoms with E-state index in [1.807, 2.05) is 6.92 Å². The molecule has 0 spiro atoms. The summed E-state index contributed by atoms with van der Waals surface area (Å²) in [5.74, 6) is -0.977. The lowest BCUT2D eigenvalue weighted by atomic mass is 10.3. The van der Waals surface area contributed by atoms with Gasteiger partial charge in [-0.15, -0.1) is 5.73 Å². The van der Waals surface area contributed by atoms with Crippen molar-refractivity contribution >= 4 is 5.97 Å². The summed E-state index contributed by atoms with van der Waals surface area (Å²) in [5.41, 5.74) is 2.85. The van der Waals surface area contributed by atoms with Crippen molar-refractivity contribution in [2.75, 3.05) is 19.8 Å². The summed E-state index contributed by atoms with van der Waals surface area (Å²) in [4.78, 5) is 10.4. The molecule has 0 atom stereocenters. The third-order valence-electron chi connectivity index (χ3n) is 1.69. The Morgan fingerprint density at radius 2 is 2.21 bits per heavy atom. The molecule has 0 N–H and O–H groups in total. The van der Waals surface area contributed by atoms with Crippen LogP contribution in [-0.4, -0.2) is 31.6 Å². The van der Waals surface area contributed by atoms with Crippen molar-refractivity contribution in [1.29, 1.82) is 0 Å². The van der Waals surface area contributed by atoms with Gasteiger partial charge < -0.3 is 14.2 Å². The van der Waals surface area contributed by atoms with Crippen molar-refractivity contribution < 1.29 is 19.0 Å². The minimum absolute atomic E-state index is 0.224. The Balaban J connectivity index is 2.34. The zero-order valence-electron chi connectivity index (χ0n) is 8.41. The Hall–Kier alpha value is -1.09. The number of esters is 1. The smallest absolute Gasteiger partial charge is 0.302 e. The molecule has 1 saturated heterocycles. The monoisotopic (exact) mass is 198 g/mol. The number of rotatable bonds is 3. The lowest BCUT2D eigenvalue weighted by Crippen LogP contribution is -2.21. The van der Waals surface area contributed by atoms with Crippen molar-refractivity contribution in [2.45, 2.75) is 19.6 Å². The zero-order chi connectivity index (χ0) is 10.4. The molecule has 1 rings (SSSR count). The van der Waals surface area contributed by atoms with Gasteiger partial charge in [0.1, 0.15) is 6.61 Å². The van der Waals surface area contributed by atoms with Crippen LogP contribution in [-0.2, 0) is 19.0 Å². The second-order valence-electron chi connectivity index (χ2n) is 3.03. The van der Waals surface area contributed by atoms with E-state index in [-0.39, 0.29) is 12.6 Å². The fourth-order valence-corrected chi connectivity index (χ4v) is 1.03. The van der Waals surface area contributed by atoms with Gasteiger partial charge in [-0.1, -0.05) is 0 Å². The van der Waals surface area contributed by atoms with Crippen LogP contribution < -0.4 is 0 Å². The van der Waals surface area contributed by atoms with Gasteiger partial charge in [0, 0.05) is 13.0 Å². The second-order valence-corrected chi connectivity index (χ2v) is 3.03. The average molecular weight is 198 g/mol. The van der Waals surface area contributed by atoms with E-state index in [9.17, 15) is 4.79 Å². The Labute approximate surface area is 83.1 Å². The van der Waals surface area contributed by atoms with E-state index in [0.717, 1.165) is 0 Å². The maximum absolute atomic E-state index is 10.4. The molecule has 1 fully saturated rings. The van der Waals surface area contributed by atoms with Crippen LogP contribution in [0.5, 0.6) is 0 Å². The van der Waals surface area contributed by atoms with Gasteiger partial charge in [-0.25, -0.2) is 0 Å². The van der Waals surface area contributed by atoms with Gasteiger partial charge in [0.25, 0.3) is 0 Å². The molecule has 0 aromatic rings. The molecule has 14 heavy (non-hydrogen) atoms. The summed E-state index contributed by atoms with van der Waals surface area (Å²) in [5, 5.41) is 0. The first-order valence-electron chi connectivity index (χ1n) is 4.46. The van der Waals surface area contributed by atoms with E-state index in [1.165, 1.54) is 6.92 Å². The topological polar surface area (TPSA) is 44.8 Å². The van der Waals surface area contributed by atoms with Gasteiger partial charge in [0.2, 0.25) is 0 Å². The maximum atomic E-state index is 10.4. The van der Waals surface area contributed by atoms with E-state index in [2.05, 4.69) is 10.5 Å². The Morgan fingerprint density at radius 1 is 1.57 bits per heavy atom. The molecular formula is C10H14O4. The molecule has 0 aromatic carbocycles. The van der Waals surface area contributed by atoms with Gasteiger partial charge in [-0.3, -0.25) is 4.79 Å². The van der Waals surface area contributed by atoms with Gasteiger partial charge >= 0.3 is 5.97 Å². The Kier molecular flexibility index (Phi) is 3.89. The molecule has 0 aromatic heterocycles. The van der Waals surface area contributed by atoms with Crippen molar-refractivity contribution in [3.63, 3.8) is 0 Å². The highest BCUT2D eigenvalue weighted by Gasteiger charge is 2.27. The zero-order valence-corrected chi connectivity index (χ0v) is 8.41. The summed E-state index contributed by atoms with van der Waals surface area (Å²) in [6.45, 7) is 4.59. The summed E-state index contributed by atoms with van der Waals surface area (Å²) in [6, 6.07) is 0. The largest absolute Gasteiger partial charge is 0.461 e. The fraction of sp³-hybridized carbons (Fsp3) is 0.600. The molecule has 0 saturated carbocycles. The standard InChI is InChI=1S/C10H14O4/c1-9(11)12-6-4-3-5-10(2)13-7-8-14-10/h4-5H,6-8H2,1-2H3. The molecule has 1 heterocycles. The minimum atomic E-state index is -0.674. The van der Waals surface area contributed by atoms with Gasteiger partial charge in [0.05, 0.1) is 13.2 Å². The highest BCUT2D eigenvalue weighted by atomic mass is 16.7. The van der Waals surface area contributed by atoms with Crippen LogP contribution in [0.15, 0.2) is 17.9 Å². The molecule has 0 amide bonds. The number of hydrogen-bond donors (Lipinski definition) is 0. The van der Waals surface area contributed by atoms with E-state index in [4.69, 9.17) is 9.47 Å². The lowest BCUT2D eigenvalue weighted by Gasteiger charge is -2.15. The van der Waals surface area contributed by atoms with E-state index >= 15 is 0 Å². The van der Waals surface area contributed by atoms with Gasteiger partial charge in [0.15, 0.2) is 5.79 Å². The molecular weight excluding hydrogens is 184 g/mol. The highest BCUT2D eigenvalue weighted by Crippen LogP contribution is 2.18. The summed E-state index contributed by atoms with van der Waals surface area (Å²) >= 11 is 0. The summed E-state index contributed by atoms with van der Waals surface area (Å²) < 4.78 is 15.3. The molecule has 0 radical (unpaired) electrons. The van der Waals surface area contributed by atoms with Crippen LogP contribution >= 0.6 is 0 Å². The predicted octanol–water partition coefficient (Wildman–Crippen LogP) is 1.02. The number of hydrogen-bond acceptors (Lipinski definition) is 4. The van der Waals surface area contributed by atoms with Crippen LogP contribution in [0.1, 0.15) is 13.8 Å². The van der Waals surface area contributed by atoms with Gasteiger partial charge in [-0.2, -0.15) is 0 Å². The molecule has 4 heteroatoms. The Morgan fingerprint density at radius 3 is 2.79 bits per heavy atom. The molecule has 1 aliphatic rings. The Bertz CT molecular complexity index is 257. The molecule has 0 bridgehead atoms. The maximum Gasteiger partial charge on any atom is 0.302 e. The molecule has 1 aliphatic heterocycles. The first-order valence-corrected chi connectivity index (χ1v) is 4.46. The molecule has 0 unspecified atom stereocenters. The van der Waals surface area contributed by atoms with Crippen molar-refractivity contribution in [2.24, 2.45) is 0 Å². The normalized spacial score (nSPS) is 18.4. The number of carbonyl (C=O) groups is 1. The van der Waals surface area contributed by atoms with Crippen LogP contribution in [0.25, 0.3) is 0 Å². The fourth-order valence-electron chi connectivity index (χ4n) is 1.03. The predicted molar refractivity (Wildman–Crippen MR) is 49.6 cm³/mol. The van der Waals surface area contributed by atoms with Crippen molar-refractivity contribution in [3.05, 3.63) is 17.9 Å². The molecule has 4 nitrogen and oxygen atoms in total.